The largest absolute Gasteiger partial charge is 0.106 e. The Labute approximate surface area is 89.7 Å². The topological polar surface area (TPSA) is 0 Å². The van der Waals surface area contributed by atoms with Crippen molar-refractivity contribution < 1.29 is 0 Å². The fourth-order valence-corrected chi connectivity index (χ4v) is 1.10. The molecule has 0 saturated heterocycles. The highest BCUT2D eigenvalue weighted by molar-refractivity contribution is 5.07. The predicted molar refractivity (Wildman–Crippen MR) is 68.5 cm³/mol. The van der Waals surface area contributed by atoms with Gasteiger partial charge in [0.05, 0.1) is 0 Å². The van der Waals surface area contributed by atoms with Gasteiger partial charge in [-0.1, -0.05) is 29.4 Å². The second-order valence-electron chi connectivity index (χ2n) is 3.26. The van der Waals surface area contributed by atoms with Crippen molar-refractivity contribution in [2.24, 2.45) is 0 Å². The Balaban J connectivity index is 0. The SMILES string of the molecule is C=C.C=CC/C(=C\C)CCC=C(C)C. The minimum absolute atomic E-state index is 1.03. The highest BCUT2D eigenvalue weighted by Crippen LogP contribution is 2.11. The average Bonchev–Trinajstić information content (AvgIpc) is 2.19. The summed E-state index contributed by atoms with van der Waals surface area (Å²) in [6, 6.07) is 0. The molecule has 0 amide bonds. The molecule has 0 fully saturated rings. The van der Waals surface area contributed by atoms with E-state index >= 15 is 0 Å². The summed E-state index contributed by atoms with van der Waals surface area (Å²) in [6.45, 7) is 16.1. The molecular formula is C14H24. The van der Waals surface area contributed by atoms with E-state index in [-0.39, 0.29) is 0 Å². The minimum atomic E-state index is 1.03. The van der Waals surface area contributed by atoms with Crippen LogP contribution in [0, 0.1) is 0 Å². The first-order valence-electron chi connectivity index (χ1n) is 5.09. The number of hydrogen-bond acceptors (Lipinski definition) is 0. The van der Waals surface area contributed by atoms with Gasteiger partial charge in [0.15, 0.2) is 0 Å². The summed E-state index contributed by atoms with van der Waals surface area (Å²) in [5.41, 5.74) is 2.89. The Hall–Kier alpha value is -1.04. The van der Waals surface area contributed by atoms with Gasteiger partial charge in [0.1, 0.15) is 0 Å². The zero-order valence-electron chi connectivity index (χ0n) is 9.97. The van der Waals surface area contributed by atoms with Crippen LogP contribution in [0.3, 0.4) is 0 Å². The van der Waals surface area contributed by atoms with E-state index in [1.165, 1.54) is 17.6 Å². The third-order valence-electron chi connectivity index (χ3n) is 1.83. The Morgan fingerprint density at radius 2 is 1.79 bits per heavy atom. The third-order valence-corrected chi connectivity index (χ3v) is 1.83. The van der Waals surface area contributed by atoms with Gasteiger partial charge in [-0.25, -0.2) is 0 Å². The van der Waals surface area contributed by atoms with Crippen molar-refractivity contribution in [2.75, 3.05) is 0 Å². The second kappa shape index (κ2) is 12.0. The van der Waals surface area contributed by atoms with Crippen molar-refractivity contribution in [1.82, 2.24) is 0 Å². The molecule has 0 heteroatoms. The lowest BCUT2D eigenvalue weighted by atomic mass is 10.1. The number of allylic oxidation sites excluding steroid dienone is 5. The third kappa shape index (κ3) is 11.0. The van der Waals surface area contributed by atoms with Gasteiger partial charge in [-0.15, -0.1) is 19.7 Å². The average molecular weight is 192 g/mol. The Morgan fingerprint density at radius 1 is 1.21 bits per heavy atom. The fourth-order valence-electron chi connectivity index (χ4n) is 1.10. The monoisotopic (exact) mass is 192 g/mol. The van der Waals surface area contributed by atoms with Gasteiger partial charge in [-0.2, -0.15) is 0 Å². The maximum atomic E-state index is 3.74. The zero-order valence-corrected chi connectivity index (χ0v) is 9.97. The van der Waals surface area contributed by atoms with Crippen LogP contribution in [0.4, 0.5) is 0 Å². The molecule has 0 unspecified atom stereocenters. The highest BCUT2D eigenvalue weighted by atomic mass is 14.0. The minimum Gasteiger partial charge on any atom is -0.106 e. The first-order chi connectivity index (χ1) is 6.70. The molecule has 0 N–H and O–H groups in total. The summed E-state index contributed by atoms with van der Waals surface area (Å²) < 4.78 is 0. The first kappa shape index (κ1) is 15.4. The van der Waals surface area contributed by atoms with Gasteiger partial charge in [0.25, 0.3) is 0 Å². The van der Waals surface area contributed by atoms with E-state index in [0.29, 0.717) is 0 Å². The number of hydrogen-bond donors (Lipinski definition) is 0. The van der Waals surface area contributed by atoms with Crippen LogP contribution in [0.25, 0.3) is 0 Å². The van der Waals surface area contributed by atoms with Crippen LogP contribution in [-0.2, 0) is 0 Å². The molecule has 14 heavy (non-hydrogen) atoms. The van der Waals surface area contributed by atoms with Crippen molar-refractivity contribution in [1.29, 1.82) is 0 Å². The molecule has 0 radical (unpaired) electrons. The van der Waals surface area contributed by atoms with E-state index < -0.39 is 0 Å². The van der Waals surface area contributed by atoms with Gasteiger partial charge in [-0.3, -0.25) is 0 Å². The van der Waals surface area contributed by atoms with Crippen LogP contribution in [0.1, 0.15) is 40.0 Å². The van der Waals surface area contributed by atoms with Crippen LogP contribution >= 0.6 is 0 Å². The first-order valence-corrected chi connectivity index (χ1v) is 5.09. The molecule has 0 aromatic heterocycles. The molecule has 0 atom stereocenters. The van der Waals surface area contributed by atoms with Crippen molar-refractivity contribution in [3.05, 3.63) is 49.1 Å². The molecule has 0 saturated carbocycles. The Bertz CT molecular complexity index is 190. The Kier molecular flexibility index (Phi) is 13.2. The molecule has 0 bridgehead atoms. The molecule has 0 spiro atoms. The van der Waals surface area contributed by atoms with Crippen molar-refractivity contribution in [2.45, 2.75) is 40.0 Å². The summed E-state index contributed by atoms with van der Waals surface area (Å²) in [7, 11) is 0. The van der Waals surface area contributed by atoms with E-state index in [2.05, 4.69) is 52.7 Å². The van der Waals surface area contributed by atoms with E-state index in [4.69, 9.17) is 0 Å². The lowest BCUT2D eigenvalue weighted by molar-refractivity contribution is 0.929. The van der Waals surface area contributed by atoms with Crippen molar-refractivity contribution >= 4 is 0 Å². The molecule has 0 aromatic rings. The lowest BCUT2D eigenvalue weighted by Crippen LogP contribution is -1.80. The van der Waals surface area contributed by atoms with E-state index in [1.54, 1.807) is 0 Å². The molecular weight excluding hydrogens is 168 g/mol. The summed E-state index contributed by atoms with van der Waals surface area (Å²) in [4.78, 5) is 0. The molecule has 0 heterocycles. The maximum Gasteiger partial charge on any atom is -0.0142 e. The summed E-state index contributed by atoms with van der Waals surface area (Å²) in [5, 5.41) is 0. The van der Waals surface area contributed by atoms with E-state index in [9.17, 15) is 0 Å². The lowest BCUT2D eigenvalue weighted by Gasteiger charge is -2.00. The van der Waals surface area contributed by atoms with E-state index in [1.807, 2.05) is 6.08 Å². The van der Waals surface area contributed by atoms with Crippen LogP contribution in [0.5, 0.6) is 0 Å². The van der Waals surface area contributed by atoms with Crippen molar-refractivity contribution in [3.63, 3.8) is 0 Å². The smallest absolute Gasteiger partial charge is 0.0142 e. The van der Waals surface area contributed by atoms with Gasteiger partial charge >= 0.3 is 0 Å². The van der Waals surface area contributed by atoms with Gasteiger partial charge < -0.3 is 0 Å². The molecule has 0 aliphatic carbocycles. The second-order valence-corrected chi connectivity index (χ2v) is 3.26. The molecule has 0 aliphatic rings. The summed E-state index contributed by atoms with van der Waals surface area (Å²) in [5.74, 6) is 0. The Morgan fingerprint density at radius 3 is 2.14 bits per heavy atom. The van der Waals surface area contributed by atoms with Crippen molar-refractivity contribution in [3.8, 4) is 0 Å². The molecule has 0 aliphatic heterocycles. The molecule has 0 aromatic carbocycles. The predicted octanol–water partition coefficient (Wildman–Crippen LogP) is 5.06. The van der Waals surface area contributed by atoms with Crippen LogP contribution in [0.15, 0.2) is 49.1 Å². The molecule has 0 nitrogen and oxygen atoms in total. The quantitative estimate of drug-likeness (QED) is 0.534. The highest BCUT2D eigenvalue weighted by Gasteiger charge is 1.91. The summed E-state index contributed by atoms with van der Waals surface area (Å²) in [6.07, 6.45) is 9.82. The van der Waals surface area contributed by atoms with Gasteiger partial charge in [0.2, 0.25) is 0 Å². The molecule has 80 valence electrons. The zero-order chi connectivity index (χ0) is 11.4. The van der Waals surface area contributed by atoms with Gasteiger partial charge in [-0.05, 0) is 40.0 Å². The summed E-state index contributed by atoms with van der Waals surface area (Å²) >= 11 is 0. The van der Waals surface area contributed by atoms with E-state index in [0.717, 1.165) is 12.8 Å². The van der Waals surface area contributed by atoms with Gasteiger partial charge in [0, 0.05) is 0 Å². The van der Waals surface area contributed by atoms with Crippen LogP contribution < -0.4 is 0 Å². The fraction of sp³-hybridized carbons (Fsp3) is 0.429. The normalized spacial score (nSPS) is 9.79. The number of rotatable bonds is 5. The van der Waals surface area contributed by atoms with Crippen LogP contribution in [0.2, 0.25) is 0 Å². The van der Waals surface area contributed by atoms with Crippen LogP contribution in [-0.4, -0.2) is 0 Å². The standard InChI is InChI=1S/C12H20.C2H4/c1-5-8-12(6-2)10-7-9-11(3)4;1-2/h5-6,9H,1,7-8,10H2,2-4H3;1-2H2/b12-6+;. The maximum absolute atomic E-state index is 3.74. The molecule has 0 rings (SSSR count).